The van der Waals surface area contributed by atoms with Crippen molar-refractivity contribution < 1.29 is 17.9 Å². The Morgan fingerprint density at radius 2 is 1.74 bits per heavy atom. The summed E-state index contributed by atoms with van der Waals surface area (Å²) in [7, 11) is -3.62. The number of nitrogens with zero attached hydrogens (tertiary/aromatic N) is 3. The van der Waals surface area contributed by atoms with Crippen molar-refractivity contribution >= 4 is 15.8 Å². The summed E-state index contributed by atoms with van der Waals surface area (Å²) in [4.78, 5) is 18.3. The monoisotopic (exact) mass is 492 g/mol. The summed E-state index contributed by atoms with van der Waals surface area (Å²) >= 11 is 0. The molecule has 0 radical (unpaired) electrons. The lowest BCUT2D eigenvalue weighted by Gasteiger charge is -2.50. The smallest absolute Gasteiger partial charge is 0.243 e. The number of likely N-dealkylation sites (N-methyl/N-ethyl adjacent to an activating group) is 1. The summed E-state index contributed by atoms with van der Waals surface area (Å²) in [5.74, 6) is -0.0687. The van der Waals surface area contributed by atoms with Gasteiger partial charge in [-0.25, -0.2) is 8.42 Å². The third-order valence-corrected chi connectivity index (χ3v) is 9.67. The molecule has 0 unspecified atom stereocenters. The Bertz CT molecular complexity index is 919. The van der Waals surface area contributed by atoms with Crippen LogP contribution in [0.3, 0.4) is 0 Å². The summed E-state index contributed by atoms with van der Waals surface area (Å²) in [6.45, 7) is 10.2. The number of carbonyl (C=O) groups excluding carboxylic acids is 1. The number of nitrogens with one attached hydrogen (secondary N) is 1. The van der Waals surface area contributed by atoms with Crippen LogP contribution in [0.4, 0.5) is 0 Å². The highest BCUT2D eigenvalue weighted by atomic mass is 32.2. The lowest BCUT2D eigenvalue weighted by Crippen LogP contribution is -2.61. The Labute approximate surface area is 204 Å². The molecule has 0 bridgehead atoms. The average molecular weight is 493 g/mol. The SMILES string of the molecule is CCN1CCN(C2(CNCC(=O)c3cccc(S(=O)(=O)N4CCOCC4)c3)CCCCC2)CC1. The minimum atomic E-state index is -3.62. The van der Waals surface area contributed by atoms with E-state index in [0.29, 0.717) is 31.9 Å². The number of hydrogen-bond donors (Lipinski definition) is 1. The standard InChI is InChI=1S/C25H40N4O4S/c1-2-27-11-13-28(14-12-27)25(9-4-3-5-10-25)21-26-20-24(30)22-7-6-8-23(19-22)34(31,32)29-15-17-33-18-16-29/h6-8,19,26H,2-5,9-18,20-21H2,1H3. The van der Waals surface area contributed by atoms with E-state index in [9.17, 15) is 13.2 Å². The van der Waals surface area contributed by atoms with Gasteiger partial charge in [0, 0.05) is 56.9 Å². The Balaban J connectivity index is 1.37. The van der Waals surface area contributed by atoms with Gasteiger partial charge in [0.25, 0.3) is 0 Å². The van der Waals surface area contributed by atoms with Crippen molar-refractivity contribution in [1.29, 1.82) is 0 Å². The molecule has 2 heterocycles. The number of hydrogen-bond acceptors (Lipinski definition) is 7. The molecule has 34 heavy (non-hydrogen) atoms. The van der Waals surface area contributed by atoms with E-state index in [4.69, 9.17) is 4.74 Å². The summed E-state index contributed by atoms with van der Waals surface area (Å²) in [5, 5.41) is 3.46. The minimum Gasteiger partial charge on any atom is -0.379 e. The molecule has 0 atom stereocenters. The Hall–Kier alpha value is -1.36. The van der Waals surface area contributed by atoms with Crippen molar-refractivity contribution in [3.63, 3.8) is 0 Å². The summed E-state index contributed by atoms with van der Waals surface area (Å²) in [5.41, 5.74) is 0.566. The molecule has 0 aromatic heterocycles. The molecule has 0 spiro atoms. The van der Waals surface area contributed by atoms with E-state index in [-0.39, 0.29) is 22.8 Å². The first-order valence-electron chi connectivity index (χ1n) is 12.8. The van der Waals surface area contributed by atoms with Crippen LogP contribution in [0.15, 0.2) is 29.2 Å². The van der Waals surface area contributed by atoms with Crippen LogP contribution in [-0.2, 0) is 14.8 Å². The number of morpholine rings is 1. The second kappa shape index (κ2) is 11.6. The number of benzene rings is 1. The predicted molar refractivity (Wildman–Crippen MR) is 133 cm³/mol. The third kappa shape index (κ3) is 5.88. The van der Waals surface area contributed by atoms with Crippen LogP contribution in [0.5, 0.6) is 0 Å². The third-order valence-electron chi connectivity index (χ3n) is 7.78. The van der Waals surface area contributed by atoms with E-state index < -0.39 is 10.0 Å². The van der Waals surface area contributed by atoms with E-state index >= 15 is 0 Å². The van der Waals surface area contributed by atoms with Crippen molar-refractivity contribution in [3.8, 4) is 0 Å². The second-order valence-corrected chi connectivity index (χ2v) is 11.7. The zero-order valence-electron chi connectivity index (χ0n) is 20.5. The van der Waals surface area contributed by atoms with Gasteiger partial charge >= 0.3 is 0 Å². The van der Waals surface area contributed by atoms with Gasteiger partial charge in [-0.2, -0.15) is 4.31 Å². The number of Topliss-reactive ketones (excluding diaryl/α,β-unsaturated/α-hetero) is 1. The molecule has 1 aromatic rings. The molecule has 190 valence electrons. The van der Waals surface area contributed by atoms with Crippen LogP contribution < -0.4 is 5.32 Å². The quantitative estimate of drug-likeness (QED) is 0.527. The summed E-state index contributed by atoms with van der Waals surface area (Å²) in [6.07, 6.45) is 6.12. The maximum Gasteiger partial charge on any atom is 0.243 e. The molecule has 1 saturated carbocycles. The first kappa shape index (κ1) is 25.7. The van der Waals surface area contributed by atoms with Crippen molar-refractivity contribution in [2.45, 2.75) is 49.5 Å². The van der Waals surface area contributed by atoms with Crippen molar-refractivity contribution in [2.24, 2.45) is 0 Å². The van der Waals surface area contributed by atoms with Crippen LogP contribution in [0, 0.1) is 0 Å². The van der Waals surface area contributed by atoms with Gasteiger partial charge in [-0.3, -0.25) is 9.69 Å². The van der Waals surface area contributed by atoms with E-state index in [0.717, 1.165) is 39.3 Å². The highest BCUT2D eigenvalue weighted by molar-refractivity contribution is 7.89. The van der Waals surface area contributed by atoms with Crippen LogP contribution in [0.1, 0.15) is 49.4 Å². The molecule has 9 heteroatoms. The van der Waals surface area contributed by atoms with Gasteiger partial charge in [0.15, 0.2) is 5.78 Å². The summed E-state index contributed by atoms with van der Waals surface area (Å²) in [6, 6.07) is 6.47. The topological polar surface area (TPSA) is 82.2 Å². The highest BCUT2D eigenvalue weighted by Crippen LogP contribution is 2.34. The fraction of sp³-hybridized carbons (Fsp3) is 0.720. The molecular weight excluding hydrogens is 452 g/mol. The number of sulfonamides is 1. The normalized spacial score (nSPS) is 23.1. The molecule has 1 N–H and O–H groups in total. The predicted octanol–water partition coefficient (Wildman–Crippen LogP) is 1.82. The molecule has 0 amide bonds. The molecule has 2 aliphatic heterocycles. The zero-order valence-corrected chi connectivity index (χ0v) is 21.3. The highest BCUT2D eigenvalue weighted by Gasteiger charge is 2.39. The molecule has 3 aliphatic rings. The first-order chi connectivity index (χ1) is 16.4. The molecule has 8 nitrogen and oxygen atoms in total. The molecule has 1 aromatic carbocycles. The van der Waals surface area contributed by atoms with Gasteiger partial charge in [0.1, 0.15) is 0 Å². The van der Waals surface area contributed by atoms with Crippen LogP contribution in [0.2, 0.25) is 0 Å². The second-order valence-electron chi connectivity index (χ2n) is 9.78. The Morgan fingerprint density at radius 1 is 1.03 bits per heavy atom. The average Bonchev–Trinajstić information content (AvgIpc) is 2.90. The molecule has 4 rings (SSSR count). The van der Waals surface area contributed by atoms with E-state index in [1.54, 1.807) is 18.2 Å². The largest absolute Gasteiger partial charge is 0.379 e. The molecule has 2 saturated heterocycles. The van der Waals surface area contributed by atoms with Crippen molar-refractivity contribution in [1.82, 2.24) is 19.4 Å². The van der Waals surface area contributed by atoms with Crippen molar-refractivity contribution in [3.05, 3.63) is 29.8 Å². The number of carbonyl (C=O) groups is 1. The fourth-order valence-corrected chi connectivity index (χ4v) is 7.08. The number of piperazine rings is 1. The van der Waals surface area contributed by atoms with E-state index in [2.05, 4.69) is 22.0 Å². The van der Waals surface area contributed by atoms with Crippen LogP contribution in [-0.4, -0.2) is 106 Å². The molecule has 1 aliphatic carbocycles. The van der Waals surface area contributed by atoms with Gasteiger partial charge in [-0.15, -0.1) is 0 Å². The maximum atomic E-state index is 13.0. The fourth-order valence-electron chi connectivity index (χ4n) is 5.63. The molecule has 3 fully saturated rings. The Morgan fingerprint density at radius 3 is 2.41 bits per heavy atom. The lowest BCUT2D eigenvalue weighted by atomic mass is 9.79. The van der Waals surface area contributed by atoms with Crippen LogP contribution in [0.25, 0.3) is 0 Å². The number of ketones is 1. The minimum absolute atomic E-state index is 0.0687. The van der Waals surface area contributed by atoms with Crippen molar-refractivity contribution in [2.75, 3.05) is 72.1 Å². The molecular formula is C25H40N4O4S. The zero-order chi connectivity index (χ0) is 24.0. The van der Waals surface area contributed by atoms with Gasteiger partial charge in [-0.05, 0) is 31.5 Å². The van der Waals surface area contributed by atoms with Crippen LogP contribution >= 0.6 is 0 Å². The van der Waals surface area contributed by atoms with E-state index in [1.165, 1.54) is 42.5 Å². The van der Waals surface area contributed by atoms with E-state index in [1.807, 2.05) is 0 Å². The first-order valence-corrected chi connectivity index (χ1v) is 14.3. The lowest BCUT2D eigenvalue weighted by molar-refractivity contribution is 0.00929. The Kier molecular flexibility index (Phi) is 8.76. The van der Waals surface area contributed by atoms with Gasteiger partial charge in [-0.1, -0.05) is 38.3 Å². The van der Waals surface area contributed by atoms with Gasteiger partial charge in [0.2, 0.25) is 10.0 Å². The number of rotatable bonds is 9. The summed E-state index contributed by atoms with van der Waals surface area (Å²) < 4.78 is 32.7. The maximum absolute atomic E-state index is 13.0. The van der Waals surface area contributed by atoms with Gasteiger partial charge in [0.05, 0.1) is 24.7 Å². The van der Waals surface area contributed by atoms with Gasteiger partial charge < -0.3 is 15.0 Å². The number of ether oxygens (including phenoxy) is 1.